The number of fused-ring (bicyclic) bond motifs is 1. The number of nitrogens with zero attached hydrogens (tertiary/aromatic N) is 1. The van der Waals surface area contributed by atoms with Gasteiger partial charge in [-0.1, -0.05) is 31.2 Å². The second-order valence-electron chi connectivity index (χ2n) is 6.12. The van der Waals surface area contributed by atoms with E-state index >= 15 is 0 Å². The zero-order chi connectivity index (χ0) is 17.6. The van der Waals surface area contributed by atoms with Gasteiger partial charge in [0.25, 0.3) is 0 Å². The fourth-order valence-electron chi connectivity index (χ4n) is 2.91. The summed E-state index contributed by atoms with van der Waals surface area (Å²) in [5.41, 5.74) is 2.31. The molecule has 0 fully saturated rings. The lowest BCUT2D eigenvalue weighted by atomic mass is 10.2. The van der Waals surface area contributed by atoms with Gasteiger partial charge < -0.3 is 10.2 Å². The number of hydrogen-bond acceptors (Lipinski definition) is 4. The molecule has 0 saturated heterocycles. The average Bonchev–Trinajstić information content (AvgIpc) is 2.66. The van der Waals surface area contributed by atoms with Crippen LogP contribution in [0.25, 0.3) is 0 Å². The summed E-state index contributed by atoms with van der Waals surface area (Å²) in [4.78, 5) is 17.2. The molecule has 1 unspecified atom stereocenters. The van der Waals surface area contributed by atoms with Gasteiger partial charge in [-0.05, 0) is 42.5 Å². The van der Waals surface area contributed by atoms with E-state index in [0.29, 0.717) is 18.3 Å². The van der Waals surface area contributed by atoms with Crippen molar-refractivity contribution in [1.82, 2.24) is 5.32 Å². The molecule has 1 aliphatic rings. The van der Waals surface area contributed by atoms with Crippen LogP contribution in [-0.4, -0.2) is 30.5 Å². The quantitative estimate of drug-likeness (QED) is 0.761. The molecule has 2 aromatic carbocycles. The van der Waals surface area contributed by atoms with Gasteiger partial charge in [-0.15, -0.1) is 23.5 Å². The van der Waals surface area contributed by atoms with Gasteiger partial charge in [0.1, 0.15) is 0 Å². The van der Waals surface area contributed by atoms with Crippen LogP contribution in [0.15, 0.2) is 58.3 Å². The maximum Gasteiger partial charge on any atom is 0.239 e. The van der Waals surface area contributed by atoms with E-state index in [2.05, 4.69) is 65.9 Å². The van der Waals surface area contributed by atoms with Crippen LogP contribution in [0.4, 0.5) is 5.69 Å². The molecular weight excluding hydrogens is 348 g/mol. The van der Waals surface area contributed by atoms with Crippen LogP contribution in [-0.2, 0) is 11.3 Å². The lowest BCUT2D eigenvalue weighted by Crippen LogP contribution is -2.42. The maximum absolute atomic E-state index is 12.4. The Morgan fingerprint density at radius 3 is 2.72 bits per heavy atom. The van der Waals surface area contributed by atoms with E-state index in [4.69, 9.17) is 0 Å². The number of rotatable bonds is 6. The first-order valence-corrected chi connectivity index (χ1v) is 10.7. The van der Waals surface area contributed by atoms with Crippen molar-refractivity contribution in [3.05, 3.63) is 54.1 Å². The molecule has 0 radical (unpaired) electrons. The molecule has 1 atom stereocenters. The lowest BCUT2D eigenvalue weighted by Gasteiger charge is -2.34. The highest BCUT2D eigenvalue weighted by atomic mass is 32.2. The average molecular weight is 373 g/mol. The van der Waals surface area contributed by atoms with Gasteiger partial charge in [-0.2, -0.15) is 0 Å². The van der Waals surface area contributed by atoms with Crippen molar-refractivity contribution < 1.29 is 4.79 Å². The van der Waals surface area contributed by atoms with Gasteiger partial charge in [-0.3, -0.25) is 4.79 Å². The van der Waals surface area contributed by atoms with E-state index in [1.807, 2.05) is 17.8 Å². The molecule has 5 heteroatoms. The Kier molecular flexibility index (Phi) is 6.32. The van der Waals surface area contributed by atoms with E-state index in [0.717, 1.165) is 18.5 Å². The van der Waals surface area contributed by atoms with Crippen LogP contribution in [0.1, 0.15) is 18.9 Å². The largest absolute Gasteiger partial charge is 0.360 e. The minimum atomic E-state index is 0.0745. The van der Waals surface area contributed by atoms with Gasteiger partial charge in [-0.25, -0.2) is 0 Å². The zero-order valence-electron chi connectivity index (χ0n) is 14.7. The van der Waals surface area contributed by atoms with E-state index in [1.54, 1.807) is 11.8 Å². The zero-order valence-corrected chi connectivity index (χ0v) is 16.3. The highest BCUT2D eigenvalue weighted by Gasteiger charge is 2.25. The third-order valence-electron chi connectivity index (χ3n) is 4.36. The van der Waals surface area contributed by atoms with Crippen molar-refractivity contribution in [2.45, 2.75) is 34.9 Å². The third-order valence-corrected chi connectivity index (χ3v) is 6.52. The lowest BCUT2D eigenvalue weighted by molar-refractivity contribution is -0.119. The molecule has 25 heavy (non-hydrogen) atoms. The van der Waals surface area contributed by atoms with Gasteiger partial charge in [0.15, 0.2) is 0 Å². The first-order valence-electron chi connectivity index (χ1n) is 8.60. The number of para-hydroxylation sites is 1. The number of benzene rings is 2. The summed E-state index contributed by atoms with van der Waals surface area (Å²) in [6.45, 7) is 4.13. The van der Waals surface area contributed by atoms with Crippen LogP contribution in [0, 0.1) is 0 Å². The van der Waals surface area contributed by atoms with Gasteiger partial charge in [0.2, 0.25) is 5.91 Å². The number of carbonyl (C=O) groups excluding carboxylic acids is 1. The SMILES string of the molecule is CCC1CN(CC(=O)NCc2ccc(SC)cc2)c2ccccc2S1. The summed E-state index contributed by atoms with van der Waals surface area (Å²) < 4.78 is 0. The molecule has 1 N–H and O–H groups in total. The molecule has 1 amide bonds. The van der Waals surface area contributed by atoms with Crippen LogP contribution in [0.3, 0.4) is 0 Å². The second kappa shape index (κ2) is 8.68. The first kappa shape index (κ1) is 18.2. The summed E-state index contributed by atoms with van der Waals surface area (Å²) in [6.07, 6.45) is 3.17. The summed E-state index contributed by atoms with van der Waals surface area (Å²) in [5, 5.41) is 3.60. The fourth-order valence-corrected chi connectivity index (χ4v) is 4.58. The smallest absolute Gasteiger partial charge is 0.239 e. The van der Waals surface area contributed by atoms with Crippen molar-refractivity contribution in [3.63, 3.8) is 0 Å². The van der Waals surface area contributed by atoms with Crippen LogP contribution in [0.5, 0.6) is 0 Å². The monoisotopic (exact) mass is 372 g/mol. The Labute approximate surface area is 158 Å². The van der Waals surface area contributed by atoms with Crippen LogP contribution in [0.2, 0.25) is 0 Å². The Bertz CT molecular complexity index is 718. The maximum atomic E-state index is 12.4. The molecule has 3 nitrogen and oxygen atoms in total. The molecule has 0 aliphatic carbocycles. The summed E-state index contributed by atoms with van der Waals surface area (Å²) in [5.74, 6) is 0.0745. The van der Waals surface area contributed by atoms with Crippen molar-refractivity contribution in [1.29, 1.82) is 0 Å². The second-order valence-corrected chi connectivity index (χ2v) is 8.34. The molecule has 2 aromatic rings. The minimum absolute atomic E-state index is 0.0745. The Morgan fingerprint density at radius 1 is 1.24 bits per heavy atom. The molecule has 1 aliphatic heterocycles. The number of thioether (sulfide) groups is 2. The number of hydrogen-bond donors (Lipinski definition) is 1. The predicted molar refractivity (Wildman–Crippen MR) is 109 cm³/mol. The van der Waals surface area contributed by atoms with Crippen LogP contribution >= 0.6 is 23.5 Å². The summed E-state index contributed by atoms with van der Waals surface area (Å²) in [6, 6.07) is 16.7. The molecule has 1 heterocycles. The Balaban J connectivity index is 1.60. The highest BCUT2D eigenvalue weighted by molar-refractivity contribution is 8.00. The predicted octanol–water partition coefficient (Wildman–Crippen LogP) is 4.42. The van der Waals surface area contributed by atoms with Crippen LogP contribution < -0.4 is 10.2 Å². The van der Waals surface area contributed by atoms with E-state index in [1.165, 1.54) is 15.5 Å². The summed E-state index contributed by atoms with van der Waals surface area (Å²) in [7, 11) is 0. The molecule has 0 saturated carbocycles. The fraction of sp³-hybridized carbons (Fsp3) is 0.350. The van der Waals surface area contributed by atoms with E-state index in [9.17, 15) is 4.79 Å². The first-order chi connectivity index (χ1) is 12.2. The number of nitrogens with one attached hydrogen (secondary N) is 1. The Hall–Kier alpha value is -1.59. The highest BCUT2D eigenvalue weighted by Crippen LogP contribution is 2.39. The standard InChI is InChI=1S/C20H24N2OS2/c1-3-16-13-22(18-6-4-5-7-19(18)25-16)14-20(23)21-12-15-8-10-17(24-2)11-9-15/h4-11,16H,3,12-14H2,1-2H3,(H,21,23). The Morgan fingerprint density at radius 2 is 2.00 bits per heavy atom. The van der Waals surface area contributed by atoms with Gasteiger partial charge >= 0.3 is 0 Å². The number of anilines is 1. The van der Waals surface area contributed by atoms with Crippen molar-refractivity contribution in [2.24, 2.45) is 0 Å². The minimum Gasteiger partial charge on any atom is -0.360 e. The molecule has 0 bridgehead atoms. The number of carbonyl (C=O) groups is 1. The van der Waals surface area contributed by atoms with Crippen molar-refractivity contribution in [2.75, 3.05) is 24.2 Å². The van der Waals surface area contributed by atoms with Gasteiger partial charge in [0, 0.05) is 28.1 Å². The van der Waals surface area contributed by atoms with E-state index < -0.39 is 0 Å². The molecule has 132 valence electrons. The number of amides is 1. The summed E-state index contributed by atoms with van der Waals surface area (Å²) >= 11 is 3.65. The molecule has 0 spiro atoms. The van der Waals surface area contributed by atoms with E-state index in [-0.39, 0.29) is 5.91 Å². The molecular formula is C20H24N2OS2. The third kappa shape index (κ3) is 4.73. The van der Waals surface area contributed by atoms with Gasteiger partial charge in [0.05, 0.1) is 12.2 Å². The van der Waals surface area contributed by atoms with Crippen molar-refractivity contribution in [3.8, 4) is 0 Å². The molecule has 3 rings (SSSR count). The van der Waals surface area contributed by atoms with Crippen molar-refractivity contribution >= 4 is 35.1 Å². The normalized spacial score (nSPS) is 16.4. The topological polar surface area (TPSA) is 32.3 Å². The molecule has 0 aromatic heterocycles.